The van der Waals surface area contributed by atoms with Crippen LogP contribution in [-0.2, 0) is 4.74 Å². The van der Waals surface area contributed by atoms with Crippen LogP contribution < -0.4 is 4.74 Å². The van der Waals surface area contributed by atoms with Gasteiger partial charge < -0.3 is 14.6 Å². The Kier molecular flexibility index (Phi) is 5.28. The minimum absolute atomic E-state index is 0.205. The van der Waals surface area contributed by atoms with Gasteiger partial charge >= 0.3 is 5.97 Å². The number of aromatic carboxylic acids is 1. The van der Waals surface area contributed by atoms with E-state index in [-0.39, 0.29) is 5.56 Å². The molecule has 0 aliphatic heterocycles. The Hall–Kier alpha value is -1.07. The van der Waals surface area contributed by atoms with Crippen molar-refractivity contribution in [3.05, 3.63) is 28.2 Å². The molecule has 0 radical (unpaired) electrons. The number of halogens is 1. The Morgan fingerprint density at radius 3 is 2.75 bits per heavy atom. The Morgan fingerprint density at radius 2 is 2.12 bits per heavy atom. The van der Waals surface area contributed by atoms with Gasteiger partial charge in [-0.1, -0.05) is 15.9 Å². The number of ether oxygens (including phenoxy) is 2. The van der Waals surface area contributed by atoms with Crippen LogP contribution in [0.5, 0.6) is 5.75 Å². The van der Waals surface area contributed by atoms with Crippen LogP contribution in [0.4, 0.5) is 0 Å². The number of rotatable bonds is 6. The molecule has 1 aromatic rings. The van der Waals surface area contributed by atoms with Crippen LogP contribution in [0, 0.1) is 0 Å². The van der Waals surface area contributed by atoms with Gasteiger partial charge in [0.25, 0.3) is 0 Å². The predicted molar refractivity (Wildman–Crippen MR) is 63.1 cm³/mol. The van der Waals surface area contributed by atoms with Crippen LogP contribution in [0.1, 0.15) is 16.8 Å². The van der Waals surface area contributed by atoms with Crippen molar-refractivity contribution in [2.75, 3.05) is 20.3 Å². The second-order valence-electron chi connectivity index (χ2n) is 3.18. The number of carboxylic acid groups (broad SMARTS) is 1. The minimum Gasteiger partial charge on any atom is -0.493 e. The van der Waals surface area contributed by atoms with E-state index in [0.717, 1.165) is 6.42 Å². The number of hydrogen-bond donors (Lipinski definition) is 1. The number of carbonyl (C=O) groups is 1. The molecule has 5 heteroatoms. The Balaban J connectivity index is 2.62. The topological polar surface area (TPSA) is 55.8 Å². The first kappa shape index (κ1) is 13.0. The average molecular weight is 289 g/mol. The first-order valence-corrected chi connectivity index (χ1v) is 5.58. The minimum atomic E-state index is -0.969. The summed E-state index contributed by atoms with van der Waals surface area (Å²) in [5, 5.41) is 8.85. The van der Waals surface area contributed by atoms with Crippen molar-refractivity contribution >= 4 is 21.9 Å². The third-order valence-corrected chi connectivity index (χ3v) is 2.34. The average Bonchev–Trinajstić information content (AvgIpc) is 2.23. The van der Waals surface area contributed by atoms with E-state index in [2.05, 4.69) is 15.9 Å². The van der Waals surface area contributed by atoms with Crippen LogP contribution >= 0.6 is 15.9 Å². The summed E-state index contributed by atoms with van der Waals surface area (Å²) in [6, 6.07) is 4.77. The monoisotopic (exact) mass is 288 g/mol. The van der Waals surface area contributed by atoms with Crippen molar-refractivity contribution in [1.29, 1.82) is 0 Å². The number of hydrogen-bond acceptors (Lipinski definition) is 3. The second-order valence-corrected chi connectivity index (χ2v) is 4.09. The van der Waals surface area contributed by atoms with Gasteiger partial charge in [-0.2, -0.15) is 0 Å². The van der Waals surface area contributed by atoms with Crippen molar-refractivity contribution in [2.24, 2.45) is 0 Å². The molecular weight excluding hydrogens is 276 g/mol. The SMILES string of the molecule is COCCCOc1cc(Br)cc(C(=O)O)c1. The van der Waals surface area contributed by atoms with Crippen molar-refractivity contribution < 1.29 is 19.4 Å². The van der Waals surface area contributed by atoms with E-state index in [1.54, 1.807) is 13.2 Å². The predicted octanol–water partition coefficient (Wildman–Crippen LogP) is 2.56. The molecular formula is C11H13BrO4. The molecule has 0 amide bonds. The van der Waals surface area contributed by atoms with Gasteiger partial charge in [0, 0.05) is 24.6 Å². The first-order chi connectivity index (χ1) is 7.63. The van der Waals surface area contributed by atoms with Gasteiger partial charge in [0.1, 0.15) is 5.75 Å². The Bertz CT molecular complexity index is 365. The highest BCUT2D eigenvalue weighted by atomic mass is 79.9. The molecule has 0 aromatic heterocycles. The van der Waals surface area contributed by atoms with Gasteiger partial charge in [0.15, 0.2) is 0 Å². The lowest BCUT2D eigenvalue weighted by Crippen LogP contribution is -2.03. The summed E-state index contributed by atoms with van der Waals surface area (Å²) < 4.78 is 11.0. The third-order valence-electron chi connectivity index (χ3n) is 1.88. The van der Waals surface area contributed by atoms with Crippen molar-refractivity contribution in [1.82, 2.24) is 0 Å². The molecule has 0 saturated heterocycles. The fourth-order valence-electron chi connectivity index (χ4n) is 1.16. The first-order valence-electron chi connectivity index (χ1n) is 4.79. The van der Waals surface area contributed by atoms with Crippen molar-refractivity contribution in [3.8, 4) is 5.75 Å². The largest absolute Gasteiger partial charge is 0.493 e. The normalized spacial score (nSPS) is 10.1. The molecule has 4 nitrogen and oxygen atoms in total. The maximum atomic E-state index is 10.8. The number of benzene rings is 1. The molecule has 0 bridgehead atoms. The summed E-state index contributed by atoms with van der Waals surface area (Å²) in [5.41, 5.74) is 0.205. The third kappa shape index (κ3) is 4.20. The highest BCUT2D eigenvalue weighted by Crippen LogP contribution is 2.21. The van der Waals surface area contributed by atoms with Gasteiger partial charge in [-0.3, -0.25) is 0 Å². The van der Waals surface area contributed by atoms with Gasteiger partial charge in [-0.05, 0) is 18.2 Å². The van der Waals surface area contributed by atoms with Crippen LogP contribution in [0.15, 0.2) is 22.7 Å². The summed E-state index contributed by atoms with van der Waals surface area (Å²) in [6.45, 7) is 1.13. The quantitative estimate of drug-likeness (QED) is 0.818. The smallest absolute Gasteiger partial charge is 0.335 e. The molecule has 0 heterocycles. The van der Waals surface area contributed by atoms with Crippen LogP contribution in [0.25, 0.3) is 0 Å². The fourth-order valence-corrected chi connectivity index (χ4v) is 1.64. The maximum Gasteiger partial charge on any atom is 0.335 e. The Morgan fingerprint density at radius 1 is 1.38 bits per heavy atom. The molecule has 88 valence electrons. The summed E-state index contributed by atoms with van der Waals surface area (Å²) in [6.07, 6.45) is 0.769. The summed E-state index contributed by atoms with van der Waals surface area (Å²) >= 11 is 3.24. The molecule has 1 rings (SSSR count). The lowest BCUT2D eigenvalue weighted by atomic mass is 10.2. The summed E-state index contributed by atoms with van der Waals surface area (Å²) in [4.78, 5) is 10.8. The zero-order chi connectivity index (χ0) is 12.0. The van der Waals surface area contributed by atoms with Crippen LogP contribution in [0.2, 0.25) is 0 Å². The van der Waals surface area contributed by atoms with Gasteiger partial charge in [0.05, 0.1) is 12.2 Å². The highest BCUT2D eigenvalue weighted by molar-refractivity contribution is 9.10. The molecule has 0 saturated carbocycles. The van der Waals surface area contributed by atoms with E-state index in [1.807, 2.05) is 0 Å². The molecule has 0 spiro atoms. The Labute approximate surface area is 102 Å². The van der Waals surface area contributed by atoms with Crippen LogP contribution in [-0.4, -0.2) is 31.4 Å². The second kappa shape index (κ2) is 6.50. The van der Waals surface area contributed by atoms with Gasteiger partial charge in [-0.25, -0.2) is 4.79 Å². The van der Waals surface area contributed by atoms with E-state index in [0.29, 0.717) is 23.4 Å². The van der Waals surface area contributed by atoms with Crippen molar-refractivity contribution in [2.45, 2.75) is 6.42 Å². The van der Waals surface area contributed by atoms with E-state index >= 15 is 0 Å². The molecule has 16 heavy (non-hydrogen) atoms. The van der Waals surface area contributed by atoms with E-state index in [4.69, 9.17) is 14.6 Å². The van der Waals surface area contributed by atoms with E-state index < -0.39 is 5.97 Å². The molecule has 1 aromatic carbocycles. The molecule has 0 aliphatic rings. The van der Waals surface area contributed by atoms with E-state index in [1.165, 1.54) is 12.1 Å². The van der Waals surface area contributed by atoms with E-state index in [9.17, 15) is 4.79 Å². The molecule has 0 fully saturated rings. The van der Waals surface area contributed by atoms with Crippen molar-refractivity contribution in [3.63, 3.8) is 0 Å². The summed E-state index contributed by atoms with van der Waals surface area (Å²) in [5.74, 6) is -0.425. The zero-order valence-electron chi connectivity index (χ0n) is 8.90. The number of methoxy groups -OCH3 is 1. The molecule has 0 aliphatic carbocycles. The molecule has 0 unspecified atom stereocenters. The fraction of sp³-hybridized carbons (Fsp3) is 0.364. The molecule has 0 atom stereocenters. The zero-order valence-corrected chi connectivity index (χ0v) is 10.5. The standard InChI is InChI=1S/C11H13BrO4/c1-15-3-2-4-16-10-6-8(11(13)14)5-9(12)7-10/h5-7H,2-4H2,1H3,(H,13,14). The van der Waals surface area contributed by atoms with Gasteiger partial charge in [0.2, 0.25) is 0 Å². The molecule has 1 N–H and O–H groups in total. The van der Waals surface area contributed by atoms with Gasteiger partial charge in [-0.15, -0.1) is 0 Å². The maximum absolute atomic E-state index is 10.8. The van der Waals surface area contributed by atoms with Crippen LogP contribution in [0.3, 0.4) is 0 Å². The lowest BCUT2D eigenvalue weighted by Gasteiger charge is -2.07. The number of carboxylic acids is 1. The summed E-state index contributed by atoms with van der Waals surface area (Å²) in [7, 11) is 1.63. The highest BCUT2D eigenvalue weighted by Gasteiger charge is 2.06. The lowest BCUT2D eigenvalue weighted by molar-refractivity contribution is 0.0696.